The van der Waals surface area contributed by atoms with Gasteiger partial charge in [-0.25, -0.2) is 18.7 Å². The molecule has 188 valence electrons. The molecule has 0 aliphatic rings. The van der Waals surface area contributed by atoms with Crippen molar-refractivity contribution in [3.63, 3.8) is 0 Å². The second kappa shape index (κ2) is 11.0. The summed E-state index contributed by atoms with van der Waals surface area (Å²) in [5.74, 6) is -2.97. The highest BCUT2D eigenvalue weighted by Gasteiger charge is 2.30. The zero-order valence-electron chi connectivity index (χ0n) is 18.8. The molecular weight excluding hydrogens is 495 g/mol. The van der Waals surface area contributed by atoms with E-state index in [4.69, 9.17) is 22.1 Å². The van der Waals surface area contributed by atoms with Crippen molar-refractivity contribution in [1.82, 2.24) is 19.9 Å². The van der Waals surface area contributed by atoms with Gasteiger partial charge >= 0.3 is 6.18 Å². The van der Waals surface area contributed by atoms with Crippen LogP contribution in [-0.2, 0) is 0 Å². The number of halogens is 6. The van der Waals surface area contributed by atoms with Gasteiger partial charge in [0.2, 0.25) is 0 Å². The summed E-state index contributed by atoms with van der Waals surface area (Å²) in [4.78, 5) is 13.9. The molecule has 35 heavy (non-hydrogen) atoms. The molecule has 0 bridgehead atoms. The number of alkyl halides is 3. The quantitative estimate of drug-likeness (QED) is 0.234. The zero-order valence-corrected chi connectivity index (χ0v) is 19.5. The lowest BCUT2D eigenvalue weighted by atomic mass is 10.1. The van der Waals surface area contributed by atoms with E-state index in [1.54, 1.807) is 0 Å². The molecule has 0 fully saturated rings. The molecule has 0 aliphatic carbocycles. The van der Waals surface area contributed by atoms with Crippen molar-refractivity contribution >= 4 is 23.1 Å². The van der Waals surface area contributed by atoms with Gasteiger partial charge in [0.25, 0.3) is 0 Å². The zero-order chi connectivity index (χ0) is 25.8. The van der Waals surface area contributed by atoms with Crippen LogP contribution in [0.25, 0.3) is 22.6 Å². The van der Waals surface area contributed by atoms with Gasteiger partial charge in [-0.1, -0.05) is 11.6 Å². The van der Waals surface area contributed by atoms with Gasteiger partial charge in [0.05, 0.1) is 29.6 Å². The summed E-state index contributed by atoms with van der Waals surface area (Å²) in [7, 11) is 3.75. The predicted molar refractivity (Wildman–Crippen MR) is 123 cm³/mol. The Labute approximate surface area is 203 Å². The van der Waals surface area contributed by atoms with Gasteiger partial charge in [0.1, 0.15) is 40.6 Å². The summed E-state index contributed by atoms with van der Waals surface area (Å²) in [5.41, 5.74) is 4.91. The fourth-order valence-electron chi connectivity index (χ4n) is 3.06. The normalized spacial score (nSPS) is 11.7. The van der Waals surface area contributed by atoms with E-state index in [9.17, 15) is 13.2 Å². The van der Waals surface area contributed by atoms with E-state index in [0.717, 1.165) is 12.1 Å². The number of ether oxygens (including phenoxy) is 1. The van der Waals surface area contributed by atoms with Crippen molar-refractivity contribution in [2.45, 2.75) is 12.6 Å². The molecule has 1 aromatic carbocycles. The minimum atomic E-state index is -4.64. The second-order valence-corrected chi connectivity index (χ2v) is 8.13. The lowest BCUT2D eigenvalue weighted by Gasteiger charge is -2.17. The van der Waals surface area contributed by atoms with Crippen molar-refractivity contribution < 1.29 is 26.7 Å². The Balaban J connectivity index is 2.02. The van der Waals surface area contributed by atoms with E-state index in [1.165, 1.54) is 18.3 Å². The van der Waals surface area contributed by atoms with E-state index in [1.807, 2.05) is 19.0 Å². The Hall–Kier alpha value is -3.25. The number of nitrogens with one attached hydrogen (secondary N) is 1. The fraction of sp³-hybridized carbons (Fsp3) is 0.318. The summed E-state index contributed by atoms with van der Waals surface area (Å²) in [5, 5.41) is 1.58. The average Bonchev–Trinajstić information content (AvgIpc) is 2.76. The van der Waals surface area contributed by atoms with Gasteiger partial charge in [-0.2, -0.15) is 13.2 Å². The molecule has 0 saturated heterocycles. The Kier molecular flexibility index (Phi) is 8.28. The molecular formula is C22H22ClF5N6O. The molecule has 0 unspecified atom stereocenters. The molecule has 13 heteroatoms. The van der Waals surface area contributed by atoms with Crippen molar-refractivity contribution in [2.75, 3.05) is 44.8 Å². The maximum Gasteiger partial charge on any atom is 0.405 e. The van der Waals surface area contributed by atoms with Crippen LogP contribution in [0.4, 0.5) is 33.5 Å². The van der Waals surface area contributed by atoms with Crippen molar-refractivity contribution in [3.8, 4) is 28.4 Å². The van der Waals surface area contributed by atoms with Crippen LogP contribution >= 0.6 is 11.6 Å². The topological polar surface area (TPSA) is 89.2 Å². The molecule has 0 radical (unpaired) electrons. The number of nitrogens with two attached hydrogens (primary N) is 1. The summed E-state index contributed by atoms with van der Waals surface area (Å²) in [6.07, 6.45) is -2.74. The van der Waals surface area contributed by atoms with E-state index in [2.05, 4.69) is 20.3 Å². The SMILES string of the molecule is CN(C)CCCOc1cc(F)c(-c2c(Cl)nc(-c3ccc(N)cn3)nc2NCC(F)(F)F)c(F)c1. The predicted octanol–water partition coefficient (Wildman–Crippen LogP) is 5.02. The summed E-state index contributed by atoms with van der Waals surface area (Å²) < 4.78 is 74.2. The standard InChI is InChI=1S/C22H22ClF5N6O/c1-34(2)6-3-7-35-13-8-14(24)17(15(25)9-13)18-19(23)32-20(16-5-4-12(29)10-30-16)33-21(18)31-11-22(26,27)28/h4-5,8-10H,3,6-7,11,29H2,1-2H3,(H,31,32,33). The van der Waals surface area contributed by atoms with Gasteiger partial charge in [-0.15, -0.1) is 0 Å². The molecule has 0 saturated carbocycles. The van der Waals surface area contributed by atoms with Crippen LogP contribution in [0.5, 0.6) is 5.75 Å². The second-order valence-electron chi connectivity index (χ2n) is 7.77. The first-order valence-electron chi connectivity index (χ1n) is 10.3. The minimum Gasteiger partial charge on any atom is -0.493 e. The number of hydrogen-bond acceptors (Lipinski definition) is 7. The van der Waals surface area contributed by atoms with E-state index in [0.29, 0.717) is 18.7 Å². The van der Waals surface area contributed by atoms with Crippen LogP contribution in [0, 0.1) is 11.6 Å². The molecule has 0 aliphatic heterocycles. The Morgan fingerprint density at radius 3 is 2.34 bits per heavy atom. The molecule has 2 aromatic heterocycles. The van der Waals surface area contributed by atoms with Gasteiger partial charge in [-0.05, 0) is 32.6 Å². The molecule has 0 atom stereocenters. The van der Waals surface area contributed by atoms with Crippen LogP contribution < -0.4 is 15.8 Å². The van der Waals surface area contributed by atoms with Crippen LogP contribution in [0.1, 0.15) is 6.42 Å². The Morgan fingerprint density at radius 2 is 1.77 bits per heavy atom. The number of hydrogen-bond donors (Lipinski definition) is 2. The first-order valence-corrected chi connectivity index (χ1v) is 10.7. The summed E-state index contributed by atoms with van der Waals surface area (Å²) in [6.45, 7) is -0.611. The highest BCUT2D eigenvalue weighted by molar-refractivity contribution is 6.32. The van der Waals surface area contributed by atoms with Gasteiger partial charge in [-0.3, -0.25) is 4.98 Å². The lowest BCUT2D eigenvalue weighted by Crippen LogP contribution is -2.22. The molecule has 0 spiro atoms. The lowest BCUT2D eigenvalue weighted by molar-refractivity contribution is -0.115. The van der Waals surface area contributed by atoms with Crippen LogP contribution in [0.15, 0.2) is 30.5 Å². The third kappa shape index (κ3) is 7.12. The Bertz CT molecular complexity index is 1150. The van der Waals surface area contributed by atoms with Crippen molar-refractivity contribution in [1.29, 1.82) is 0 Å². The smallest absolute Gasteiger partial charge is 0.405 e. The van der Waals surface area contributed by atoms with Crippen LogP contribution in [-0.4, -0.2) is 59.8 Å². The molecule has 3 aromatic rings. The minimum absolute atomic E-state index is 0.0768. The third-order valence-electron chi connectivity index (χ3n) is 4.62. The maximum absolute atomic E-state index is 15.0. The van der Waals surface area contributed by atoms with Crippen molar-refractivity contribution in [2.24, 2.45) is 0 Å². The molecule has 3 N–H and O–H groups in total. The van der Waals surface area contributed by atoms with E-state index in [-0.39, 0.29) is 23.9 Å². The number of anilines is 2. The first-order chi connectivity index (χ1) is 16.4. The highest BCUT2D eigenvalue weighted by atomic mass is 35.5. The molecule has 0 amide bonds. The molecule has 3 rings (SSSR count). The van der Waals surface area contributed by atoms with Gasteiger partial charge in [0.15, 0.2) is 5.82 Å². The fourth-order valence-corrected chi connectivity index (χ4v) is 3.33. The van der Waals surface area contributed by atoms with Crippen LogP contribution in [0.3, 0.4) is 0 Å². The molecule has 7 nitrogen and oxygen atoms in total. The number of rotatable bonds is 9. The first kappa shape index (κ1) is 26.4. The Morgan fingerprint density at radius 1 is 1.09 bits per heavy atom. The number of benzene rings is 1. The maximum atomic E-state index is 15.0. The largest absolute Gasteiger partial charge is 0.493 e. The number of pyridine rings is 1. The monoisotopic (exact) mass is 516 g/mol. The van der Waals surface area contributed by atoms with Gasteiger partial charge < -0.3 is 20.7 Å². The average molecular weight is 517 g/mol. The van der Waals surface area contributed by atoms with Crippen molar-refractivity contribution in [3.05, 3.63) is 47.2 Å². The highest BCUT2D eigenvalue weighted by Crippen LogP contribution is 2.39. The third-order valence-corrected chi connectivity index (χ3v) is 4.89. The number of aromatic nitrogens is 3. The van der Waals surface area contributed by atoms with E-state index < -0.39 is 46.5 Å². The summed E-state index contributed by atoms with van der Waals surface area (Å²) >= 11 is 6.22. The number of nitrogens with zero attached hydrogens (tertiary/aromatic N) is 4. The summed E-state index contributed by atoms with van der Waals surface area (Å²) in [6, 6.07) is 4.76. The number of nitrogen functional groups attached to an aromatic ring is 1. The molecule has 2 heterocycles. The van der Waals surface area contributed by atoms with Crippen LogP contribution in [0.2, 0.25) is 5.15 Å². The van der Waals surface area contributed by atoms with Gasteiger partial charge in [0, 0.05) is 18.7 Å². The van der Waals surface area contributed by atoms with E-state index >= 15 is 8.78 Å².